The van der Waals surface area contributed by atoms with Crippen LogP contribution in [0.1, 0.15) is 5.56 Å². The SMILES string of the molecule is Cc1cccc(N(Cl)c2ncnc3cccnc23)c1F. The van der Waals surface area contributed by atoms with Crippen LogP contribution in [-0.4, -0.2) is 15.0 Å². The van der Waals surface area contributed by atoms with E-state index in [0.29, 0.717) is 22.4 Å². The molecule has 2 heterocycles. The van der Waals surface area contributed by atoms with Gasteiger partial charge in [-0.3, -0.25) is 4.98 Å². The van der Waals surface area contributed by atoms with Crippen LogP contribution in [-0.2, 0) is 0 Å². The first-order valence-corrected chi connectivity index (χ1v) is 6.29. The minimum Gasteiger partial charge on any atom is -0.251 e. The molecule has 1 aromatic carbocycles. The Labute approximate surface area is 120 Å². The van der Waals surface area contributed by atoms with E-state index in [1.165, 1.54) is 10.7 Å². The highest BCUT2D eigenvalue weighted by atomic mass is 35.5. The van der Waals surface area contributed by atoms with E-state index < -0.39 is 0 Å². The van der Waals surface area contributed by atoms with Gasteiger partial charge < -0.3 is 0 Å². The first-order chi connectivity index (χ1) is 9.68. The number of aryl methyl sites for hydroxylation is 1. The van der Waals surface area contributed by atoms with Gasteiger partial charge in [0.2, 0.25) is 0 Å². The maximum Gasteiger partial charge on any atom is 0.177 e. The molecular weight excluding hydrogens is 279 g/mol. The molecule has 0 aliphatic rings. The highest BCUT2D eigenvalue weighted by molar-refractivity contribution is 6.30. The molecule has 0 aliphatic heterocycles. The van der Waals surface area contributed by atoms with Gasteiger partial charge in [0.1, 0.15) is 11.8 Å². The number of fused-ring (bicyclic) bond motifs is 1. The molecule has 20 heavy (non-hydrogen) atoms. The first kappa shape index (κ1) is 12.7. The summed E-state index contributed by atoms with van der Waals surface area (Å²) < 4.78 is 15.3. The summed E-state index contributed by atoms with van der Waals surface area (Å²) in [7, 11) is 0. The van der Waals surface area contributed by atoms with Gasteiger partial charge in [-0.1, -0.05) is 12.1 Å². The van der Waals surface area contributed by atoms with Crippen molar-refractivity contribution in [2.45, 2.75) is 6.92 Å². The quantitative estimate of drug-likeness (QED) is 0.673. The Kier molecular flexibility index (Phi) is 3.20. The number of hydrogen-bond donors (Lipinski definition) is 0. The van der Waals surface area contributed by atoms with E-state index in [1.54, 1.807) is 43.5 Å². The Hall–Kier alpha value is -2.27. The number of nitrogens with zero attached hydrogens (tertiary/aromatic N) is 4. The van der Waals surface area contributed by atoms with Gasteiger partial charge >= 0.3 is 0 Å². The van der Waals surface area contributed by atoms with Gasteiger partial charge in [0.15, 0.2) is 11.6 Å². The zero-order chi connectivity index (χ0) is 14.1. The third-order valence-corrected chi connectivity index (χ3v) is 3.29. The molecule has 0 fully saturated rings. The molecule has 6 heteroatoms. The van der Waals surface area contributed by atoms with Crippen LogP contribution in [0.15, 0.2) is 42.9 Å². The average Bonchev–Trinajstić information content (AvgIpc) is 2.49. The maximum atomic E-state index is 14.1. The molecule has 3 aromatic rings. The van der Waals surface area contributed by atoms with Crippen molar-refractivity contribution in [3.05, 3.63) is 54.2 Å². The smallest absolute Gasteiger partial charge is 0.177 e. The number of halogens is 2. The van der Waals surface area contributed by atoms with Crippen LogP contribution in [0.4, 0.5) is 15.9 Å². The van der Waals surface area contributed by atoms with Crippen LogP contribution in [0.3, 0.4) is 0 Å². The Morgan fingerprint density at radius 1 is 1.10 bits per heavy atom. The van der Waals surface area contributed by atoms with Crippen LogP contribution < -0.4 is 4.42 Å². The standard InChI is InChI=1S/C14H10ClFN4/c1-9-4-2-6-11(12(9)16)20(15)14-13-10(18-8-19-14)5-3-7-17-13/h2-8H,1H3. The average molecular weight is 289 g/mol. The molecule has 0 saturated heterocycles. The third-order valence-electron chi connectivity index (χ3n) is 2.94. The van der Waals surface area contributed by atoms with Crippen molar-refractivity contribution < 1.29 is 4.39 Å². The lowest BCUT2D eigenvalue weighted by Crippen LogP contribution is -2.08. The molecule has 2 aromatic heterocycles. The summed E-state index contributed by atoms with van der Waals surface area (Å²) in [5, 5.41) is 0. The van der Waals surface area contributed by atoms with Gasteiger partial charge in [0.25, 0.3) is 0 Å². The van der Waals surface area contributed by atoms with Gasteiger partial charge in [0, 0.05) is 18.0 Å². The number of pyridine rings is 1. The van der Waals surface area contributed by atoms with E-state index >= 15 is 0 Å². The second-order valence-electron chi connectivity index (χ2n) is 4.26. The lowest BCUT2D eigenvalue weighted by atomic mass is 10.2. The minimum atomic E-state index is -0.384. The second kappa shape index (κ2) is 5.02. The molecular formula is C14H10ClFN4. The highest BCUT2D eigenvalue weighted by Gasteiger charge is 2.17. The van der Waals surface area contributed by atoms with Crippen LogP contribution >= 0.6 is 11.8 Å². The number of benzene rings is 1. The summed E-state index contributed by atoms with van der Waals surface area (Å²) >= 11 is 6.25. The second-order valence-corrected chi connectivity index (χ2v) is 4.60. The lowest BCUT2D eigenvalue weighted by Gasteiger charge is -2.17. The van der Waals surface area contributed by atoms with Crippen LogP contribution in [0, 0.1) is 12.7 Å². The van der Waals surface area contributed by atoms with Crippen LogP contribution in [0.5, 0.6) is 0 Å². The zero-order valence-corrected chi connectivity index (χ0v) is 11.3. The Bertz CT molecular complexity index is 773. The molecule has 0 radical (unpaired) electrons. The summed E-state index contributed by atoms with van der Waals surface area (Å²) in [5.74, 6) is -0.0352. The summed E-state index contributed by atoms with van der Waals surface area (Å²) in [6.45, 7) is 1.68. The molecule has 0 N–H and O–H groups in total. The predicted octanol–water partition coefficient (Wildman–Crippen LogP) is 3.76. The monoisotopic (exact) mass is 288 g/mol. The Morgan fingerprint density at radius 3 is 2.80 bits per heavy atom. The normalized spacial score (nSPS) is 10.8. The van der Waals surface area contributed by atoms with E-state index in [-0.39, 0.29) is 11.5 Å². The van der Waals surface area contributed by atoms with Crippen molar-refractivity contribution in [2.24, 2.45) is 0 Å². The van der Waals surface area contributed by atoms with Crippen LogP contribution in [0.25, 0.3) is 11.0 Å². The van der Waals surface area contributed by atoms with Gasteiger partial charge in [-0.2, -0.15) is 0 Å². The molecule has 0 unspecified atom stereocenters. The molecule has 3 rings (SSSR count). The van der Waals surface area contributed by atoms with E-state index in [0.717, 1.165) is 0 Å². The topological polar surface area (TPSA) is 41.9 Å². The predicted molar refractivity (Wildman–Crippen MR) is 76.5 cm³/mol. The molecule has 0 spiro atoms. The number of hydrogen-bond acceptors (Lipinski definition) is 4. The first-order valence-electron chi connectivity index (χ1n) is 5.95. The summed E-state index contributed by atoms with van der Waals surface area (Å²) in [6, 6.07) is 8.57. The summed E-state index contributed by atoms with van der Waals surface area (Å²) in [4.78, 5) is 12.4. The number of aromatic nitrogens is 3. The molecule has 0 saturated carbocycles. The molecule has 4 nitrogen and oxygen atoms in total. The minimum absolute atomic E-state index is 0.234. The number of anilines is 2. The van der Waals surface area contributed by atoms with Crippen molar-refractivity contribution in [2.75, 3.05) is 4.42 Å². The number of rotatable bonds is 2. The van der Waals surface area contributed by atoms with Crippen molar-refractivity contribution in [1.29, 1.82) is 0 Å². The summed E-state index contributed by atoms with van der Waals surface area (Å²) in [5.41, 5.74) is 1.92. The van der Waals surface area contributed by atoms with Gasteiger partial charge in [-0.25, -0.2) is 18.8 Å². The summed E-state index contributed by atoms with van der Waals surface area (Å²) in [6.07, 6.45) is 2.99. The molecule has 0 amide bonds. The van der Waals surface area contributed by atoms with E-state index in [4.69, 9.17) is 11.8 Å². The van der Waals surface area contributed by atoms with E-state index in [9.17, 15) is 4.39 Å². The van der Waals surface area contributed by atoms with Crippen molar-refractivity contribution in [3.8, 4) is 0 Å². The molecule has 0 bridgehead atoms. The van der Waals surface area contributed by atoms with Gasteiger partial charge in [0.05, 0.1) is 11.2 Å². The zero-order valence-electron chi connectivity index (χ0n) is 10.6. The van der Waals surface area contributed by atoms with Crippen molar-refractivity contribution in [1.82, 2.24) is 15.0 Å². The van der Waals surface area contributed by atoms with E-state index in [2.05, 4.69) is 15.0 Å². The maximum absolute atomic E-state index is 14.1. The Morgan fingerprint density at radius 2 is 1.95 bits per heavy atom. The van der Waals surface area contributed by atoms with Gasteiger partial charge in [-0.05, 0) is 30.7 Å². The van der Waals surface area contributed by atoms with Crippen molar-refractivity contribution >= 4 is 34.3 Å². The molecule has 0 atom stereocenters. The highest BCUT2D eigenvalue weighted by Crippen LogP contribution is 2.32. The third kappa shape index (κ3) is 2.06. The fourth-order valence-electron chi connectivity index (χ4n) is 1.92. The van der Waals surface area contributed by atoms with Crippen LogP contribution in [0.2, 0.25) is 0 Å². The van der Waals surface area contributed by atoms with Gasteiger partial charge in [-0.15, -0.1) is 0 Å². The van der Waals surface area contributed by atoms with E-state index in [1.807, 2.05) is 0 Å². The Balaban J connectivity index is 2.18. The fourth-order valence-corrected chi connectivity index (χ4v) is 2.18. The van der Waals surface area contributed by atoms with Crippen molar-refractivity contribution in [3.63, 3.8) is 0 Å². The largest absolute Gasteiger partial charge is 0.251 e. The lowest BCUT2D eigenvalue weighted by molar-refractivity contribution is 0.620. The fraction of sp³-hybridized carbons (Fsp3) is 0.0714. The molecule has 0 aliphatic carbocycles. The molecule has 100 valence electrons.